The molecule has 1 aliphatic heterocycles. The van der Waals surface area contributed by atoms with Gasteiger partial charge in [0.15, 0.2) is 0 Å². The van der Waals surface area contributed by atoms with E-state index in [2.05, 4.69) is 20.8 Å². The molecule has 0 amide bonds. The molecule has 1 heterocycles. The zero-order chi connectivity index (χ0) is 10.7. The third-order valence-corrected chi connectivity index (χ3v) is 3.65. The highest BCUT2D eigenvalue weighted by Gasteiger charge is 2.12. The second-order valence-electron chi connectivity index (χ2n) is 4.11. The maximum atomic E-state index is 9.43. The summed E-state index contributed by atoms with van der Waals surface area (Å²) >= 11 is 3.52. The average Bonchev–Trinajstić information content (AvgIpc) is 2.25. The van der Waals surface area contributed by atoms with Gasteiger partial charge < -0.3 is 5.11 Å². The van der Waals surface area contributed by atoms with Crippen LogP contribution in [0.4, 0.5) is 0 Å². The lowest BCUT2D eigenvalue weighted by Crippen LogP contribution is -2.29. The van der Waals surface area contributed by atoms with Crippen molar-refractivity contribution in [3.05, 3.63) is 28.2 Å². The minimum Gasteiger partial charge on any atom is -0.508 e. The van der Waals surface area contributed by atoms with Gasteiger partial charge in [-0.2, -0.15) is 0 Å². The molecule has 0 spiro atoms. The molecule has 0 bridgehead atoms. The van der Waals surface area contributed by atoms with E-state index in [1.165, 1.54) is 37.9 Å². The molecule has 82 valence electrons. The normalized spacial score (nSPS) is 17.9. The quantitative estimate of drug-likeness (QED) is 0.892. The lowest BCUT2D eigenvalue weighted by Gasteiger charge is -2.26. The molecule has 0 aliphatic carbocycles. The van der Waals surface area contributed by atoms with Crippen LogP contribution in [0.1, 0.15) is 24.8 Å². The van der Waals surface area contributed by atoms with Crippen LogP contribution in [0.25, 0.3) is 0 Å². The van der Waals surface area contributed by atoms with Gasteiger partial charge in [-0.1, -0.05) is 22.4 Å². The summed E-state index contributed by atoms with van der Waals surface area (Å²) in [4.78, 5) is 2.45. The molecular formula is C12H16BrNO. The smallest absolute Gasteiger partial charge is 0.115 e. The first-order valence-electron chi connectivity index (χ1n) is 5.45. The third-order valence-electron chi connectivity index (χ3n) is 2.87. The predicted octanol–water partition coefficient (Wildman–Crippen LogP) is 3.14. The molecule has 1 aliphatic rings. The number of hydrogen-bond acceptors (Lipinski definition) is 2. The molecule has 0 unspecified atom stereocenters. The summed E-state index contributed by atoms with van der Waals surface area (Å²) in [7, 11) is 0. The molecule has 15 heavy (non-hydrogen) atoms. The van der Waals surface area contributed by atoms with Crippen molar-refractivity contribution in [1.29, 1.82) is 0 Å². The van der Waals surface area contributed by atoms with Crippen molar-refractivity contribution in [1.82, 2.24) is 4.90 Å². The van der Waals surface area contributed by atoms with Crippen LogP contribution < -0.4 is 0 Å². The number of nitrogens with zero attached hydrogens (tertiary/aromatic N) is 1. The van der Waals surface area contributed by atoms with Crippen molar-refractivity contribution in [2.45, 2.75) is 25.8 Å². The van der Waals surface area contributed by atoms with E-state index in [0.717, 1.165) is 11.0 Å². The molecule has 2 nitrogen and oxygen atoms in total. The summed E-state index contributed by atoms with van der Waals surface area (Å²) in [6.45, 7) is 3.30. The van der Waals surface area contributed by atoms with Crippen LogP contribution in [0.2, 0.25) is 0 Å². The number of halogens is 1. The van der Waals surface area contributed by atoms with Crippen LogP contribution in [-0.4, -0.2) is 23.1 Å². The number of hydrogen-bond donors (Lipinski definition) is 1. The first kappa shape index (κ1) is 11.0. The van der Waals surface area contributed by atoms with Crippen molar-refractivity contribution in [2.24, 2.45) is 0 Å². The van der Waals surface area contributed by atoms with Gasteiger partial charge in [0.2, 0.25) is 0 Å². The topological polar surface area (TPSA) is 23.5 Å². The van der Waals surface area contributed by atoms with E-state index < -0.39 is 0 Å². The molecule has 1 aromatic rings. The van der Waals surface area contributed by atoms with E-state index in [0.29, 0.717) is 5.75 Å². The van der Waals surface area contributed by atoms with Crippen LogP contribution in [-0.2, 0) is 6.54 Å². The maximum Gasteiger partial charge on any atom is 0.115 e. The van der Waals surface area contributed by atoms with Crippen LogP contribution in [0.3, 0.4) is 0 Å². The Bertz CT molecular complexity index is 334. The third kappa shape index (κ3) is 2.95. The molecule has 1 N–H and O–H groups in total. The monoisotopic (exact) mass is 269 g/mol. The van der Waals surface area contributed by atoms with Crippen LogP contribution in [0, 0.1) is 0 Å². The highest BCUT2D eigenvalue weighted by Crippen LogP contribution is 2.24. The Balaban J connectivity index is 2.05. The van der Waals surface area contributed by atoms with Crippen molar-refractivity contribution in [3.8, 4) is 5.75 Å². The van der Waals surface area contributed by atoms with Gasteiger partial charge in [0.25, 0.3) is 0 Å². The fourth-order valence-corrected chi connectivity index (χ4v) is 2.41. The van der Waals surface area contributed by atoms with Gasteiger partial charge in [0, 0.05) is 11.0 Å². The Morgan fingerprint density at radius 3 is 2.67 bits per heavy atom. The first-order valence-corrected chi connectivity index (χ1v) is 6.25. The molecule has 0 saturated carbocycles. The van der Waals surface area contributed by atoms with Crippen molar-refractivity contribution in [2.75, 3.05) is 13.1 Å². The lowest BCUT2D eigenvalue weighted by atomic mass is 10.1. The molecule has 2 rings (SSSR count). The Labute approximate surface area is 99.0 Å². The minimum absolute atomic E-state index is 0.352. The fourth-order valence-electron chi connectivity index (χ4n) is 2.04. The molecule has 0 atom stereocenters. The van der Waals surface area contributed by atoms with Crippen molar-refractivity contribution < 1.29 is 5.11 Å². The molecule has 1 fully saturated rings. The van der Waals surface area contributed by atoms with Crippen LogP contribution in [0.5, 0.6) is 5.75 Å². The zero-order valence-electron chi connectivity index (χ0n) is 8.75. The SMILES string of the molecule is Oc1ccc(Br)c(CN2CCCCC2)c1. The number of rotatable bonds is 2. The molecule has 1 aromatic carbocycles. The zero-order valence-corrected chi connectivity index (χ0v) is 10.3. The predicted molar refractivity (Wildman–Crippen MR) is 64.9 cm³/mol. The van der Waals surface area contributed by atoms with E-state index in [1.807, 2.05) is 12.1 Å². The van der Waals surface area contributed by atoms with E-state index >= 15 is 0 Å². The summed E-state index contributed by atoms with van der Waals surface area (Å²) < 4.78 is 1.09. The van der Waals surface area contributed by atoms with Crippen molar-refractivity contribution >= 4 is 15.9 Å². The van der Waals surface area contributed by atoms with E-state index in [-0.39, 0.29) is 0 Å². The minimum atomic E-state index is 0.352. The van der Waals surface area contributed by atoms with Gasteiger partial charge >= 0.3 is 0 Å². The maximum absolute atomic E-state index is 9.43. The molecule has 3 heteroatoms. The fraction of sp³-hybridized carbons (Fsp3) is 0.500. The largest absolute Gasteiger partial charge is 0.508 e. The summed E-state index contributed by atoms with van der Waals surface area (Å²) in [5.41, 5.74) is 1.18. The second kappa shape index (κ2) is 4.99. The summed E-state index contributed by atoms with van der Waals surface area (Å²) in [5.74, 6) is 0.352. The number of aromatic hydroxyl groups is 1. The molecule has 0 aromatic heterocycles. The van der Waals surface area contributed by atoms with Crippen LogP contribution in [0.15, 0.2) is 22.7 Å². The summed E-state index contributed by atoms with van der Waals surface area (Å²) in [6, 6.07) is 5.47. The lowest BCUT2D eigenvalue weighted by molar-refractivity contribution is 0.220. The average molecular weight is 270 g/mol. The molecule has 1 saturated heterocycles. The van der Waals surface area contributed by atoms with Gasteiger partial charge in [-0.25, -0.2) is 0 Å². The second-order valence-corrected chi connectivity index (χ2v) is 4.97. The Hall–Kier alpha value is -0.540. The number of benzene rings is 1. The van der Waals surface area contributed by atoms with Gasteiger partial charge in [0.1, 0.15) is 5.75 Å². The van der Waals surface area contributed by atoms with Crippen LogP contribution >= 0.6 is 15.9 Å². The molecular weight excluding hydrogens is 254 g/mol. The molecule has 0 radical (unpaired) electrons. The Morgan fingerprint density at radius 1 is 1.20 bits per heavy atom. The van der Waals surface area contributed by atoms with Gasteiger partial charge in [-0.05, 0) is 49.7 Å². The number of likely N-dealkylation sites (tertiary alicyclic amines) is 1. The van der Waals surface area contributed by atoms with Gasteiger partial charge in [-0.3, -0.25) is 4.90 Å². The van der Waals surface area contributed by atoms with Gasteiger partial charge in [0.05, 0.1) is 0 Å². The Kier molecular flexibility index (Phi) is 3.65. The van der Waals surface area contributed by atoms with E-state index in [4.69, 9.17) is 0 Å². The van der Waals surface area contributed by atoms with Crippen molar-refractivity contribution in [3.63, 3.8) is 0 Å². The van der Waals surface area contributed by atoms with E-state index in [9.17, 15) is 5.11 Å². The Morgan fingerprint density at radius 2 is 1.93 bits per heavy atom. The standard InChI is InChI=1S/C12H16BrNO/c13-12-5-4-11(15)8-10(12)9-14-6-2-1-3-7-14/h4-5,8,15H,1-3,6-7,9H2. The summed E-state index contributed by atoms with van der Waals surface area (Å²) in [6.07, 6.45) is 3.96. The number of phenols is 1. The number of piperidine rings is 1. The summed E-state index contributed by atoms with van der Waals surface area (Å²) in [5, 5.41) is 9.43. The number of phenolic OH excluding ortho intramolecular Hbond substituents is 1. The highest BCUT2D eigenvalue weighted by molar-refractivity contribution is 9.10. The van der Waals surface area contributed by atoms with E-state index in [1.54, 1.807) is 6.07 Å². The van der Waals surface area contributed by atoms with Gasteiger partial charge in [-0.15, -0.1) is 0 Å². The first-order chi connectivity index (χ1) is 7.25. The highest BCUT2D eigenvalue weighted by atomic mass is 79.9.